The first kappa shape index (κ1) is 21.1. The van der Waals surface area contributed by atoms with Gasteiger partial charge in [-0.15, -0.1) is 0 Å². The van der Waals surface area contributed by atoms with E-state index in [1.54, 1.807) is 13.2 Å². The van der Waals surface area contributed by atoms with Crippen molar-refractivity contribution in [3.8, 4) is 5.75 Å². The summed E-state index contributed by atoms with van der Waals surface area (Å²) in [5, 5.41) is 7.44. The van der Waals surface area contributed by atoms with E-state index in [2.05, 4.69) is 27.4 Å². The molecule has 29 heavy (non-hydrogen) atoms. The first-order chi connectivity index (χ1) is 14.0. The number of methoxy groups -OCH3 is 1. The monoisotopic (exact) mass is 398 g/mol. The molecular weight excluding hydrogens is 368 g/mol. The molecule has 0 aliphatic carbocycles. The van der Waals surface area contributed by atoms with Gasteiger partial charge in [-0.25, -0.2) is 0 Å². The van der Waals surface area contributed by atoms with Crippen LogP contribution in [0.4, 0.5) is 0 Å². The van der Waals surface area contributed by atoms with Gasteiger partial charge in [-0.2, -0.15) is 5.10 Å². The summed E-state index contributed by atoms with van der Waals surface area (Å²) in [6.45, 7) is 7.58. The van der Waals surface area contributed by atoms with E-state index in [9.17, 15) is 4.79 Å². The van der Waals surface area contributed by atoms with Crippen molar-refractivity contribution in [3.63, 3.8) is 0 Å². The van der Waals surface area contributed by atoms with Gasteiger partial charge in [0.05, 0.1) is 32.1 Å². The average Bonchev–Trinajstić information content (AvgIpc) is 2.99. The Balaban J connectivity index is 1.68. The Morgan fingerprint density at radius 2 is 1.97 bits per heavy atom. The summed E-state index contributed by atoms with van der Waals surface area (Å²) in [5.41, 5.74) is 4.09. The smallest absolute Gasteiger partial charge is 0.244 e. The second-order valence-electron chi connectivity index (χ2n) is 7.22. The summed E-state index contributed by atoms with van der Waals surface area (Å²) < 4.78 is 12.6. The maximum absolute atomic E-state index is 12.5. The molecule has 2 aromatic rings. The van der Waals surface area contributed by atoms with Crippen LogP contribution in [0, 0.1) is 13.8 Å². The van der Waals surface area contributed by atoms with Gasteiger partial charge in [-0.3, -0.25) is 14.4 Å². The van der Waals surface area contributed by atoms with Crippen LogP contribution in [0.2, 0.25) is 0 Å². The van der Waals surface area contributed by atoms with Crippen molar-refractivity contribution in [2.45, 2.75) is 19.9 Å². The molecule has 1 N–H and O–H groups in total. The van der Waals surface area contributed by atoms with E-state index in [1.165, 1.54) is 0 Å². The van der Waals surface area contributed by atoms with Crippen LogP contribution < -0.4 is 10.1 Å². The van der Waals surface area contributed by atoms with Gasteiger partial charge < -0.3 is 14.8 Å². The predicted molar refractivity (Wildman–Crippen MR) is 113 cm³/mol. The van der Waals surface area contributed by atoms with Crippen LogP contribution in [0.15, 0.2) is 30.3 Å². The number of carbonyl (C=O) groups is 1. The molecular formula is C22H30N4O3. The number of amides is 1. The van der Waals surface area contributed by atoms with Crippen LogP contribution in [-0.4, -0.2) is 60.5 Å². The fraction of sp³-hybridized carbons (Fsp3) is 0.455. The fourth-order valence-electron chi connectivity index (χ4n) is 3.62. The van der Waals surface area contributed by atoms with E-state index in [0.717, 1.165) is 41.4 Å². The number of aromatic nitrogens is 2. The molecule has 3 rings (SSSR count). The summed E-state index contributed by atoms with van der Waals surface area (Å²) in [7, 11) is 3.56. The van der Waals surface area contributed by atoms with Crippen LogP contribution in [0.25, 0.3) is 6.08 Å². The minimum Gasteiger partial charge on any atom is -0.497 e. The van der Waals surface area contributed by atoms with Crippen LogP contribution in [0.1, 0.15) is 28.6 Å². The zero-order valence-corrected chi connectivity index (χ0v) is 17.6. The number of benzene rings is 1. The Hall–Kier alpha value is -2.64. The number of morpholine rings is 1. The minimum absolute atomic E-state index is 0.0871. The van der Waals surface area contributed by atoms with Crippen molar-refractivity contribution in [3.05, 3.63) is 52.9 Å². The van der Waals surface area contributed by atoms with Crippen molar-refractivity contribution in [1.29, 1.82) is 0 Å². The second-order valence-corrected chi connectivity index (χ2v) is 7.22. The largest absolute Gasteiger partial charge is 0.497 e. The van der Waals surface area contributed by atoms with Crippen molar-refractivity contribution in [2.75, 3.05) is 40.0 Å². The molecule has 156 valence electrons. The summed E-state index contributed by atoms with van der Waals surface area (Å²) in [4.78, 5) is 14.8. The highest BCUT2D eigenvalue weighted by Gasteiger charge is 2.23. The molecule has 2 heterocycles. The number of aryl methyl sites for hydroxylation is 2. The lowest BCUT2D eigenvalue weighted by Crippen LogP contribution is -2.43. The van der Waals surface area contributed by atoms with E-state index >= 15 is 0 Å². The Morgan fingerprint density at radius 1 is 1.28 bits per heavy atom. The van der Waals surface area contributed by atoms with Crippen LogP contribution in [0.5, 0.6) is 5.75 Å². The molecule has 0 saturated carbocycles. The highest BCUT2D eigenvalue weighted by atomic mass is 16.5. The van der Waals surface area contributed by atoms with Gasteiger partial charge >= 0.3 is 0 Å². The Bertz CT molecular complexity index is 852. The van der Waals surface area contributed by atoms with Crippen LogP contribution in [0.3, 0.4) is 0 Å². The first-order valence-corrected chi connectivity index (χ1v) is 9.91. The lowest BCUT2D eigenvalue weighted by Gasteiger charge is -2.34. The summed E-state index contributed by atoms with van der Waals surface area (Å²) in [6, 6.07) is 8.12. The van der Waals surface area contributed by atoms with Crippen molar-refractivity contribution in [2.24, 2.45) is 7.05 Å². The summed E-state index contributed by atoms with van der Waals surface area (Å²) >= 11 is 0. The SMILES string of the molecule is COc1ccc(C(CNC(=O)C=Cc2c(C)nn(C)c2C)N2CCOCC2)cc1. The summed E-state index contributed by atoms with van der Waals surface area (Å²) in [5.74, 6) is 0.711. The predicted octanol–water partition coefficient (Wildman–Crippen LogP) is 2.25. The van der Waals surface area contributed by atoms with E-state index in [0.29, 0.717) is 19.8 Å². The van der Waals surface area contributed by atoms with Crippen molar-refractivity contribution in [1.82, 2.24) is 20.0 Å². The van der Waals surface area contributed by atoms with Gasteiger partial charge in [0.25, 0.3) is 0 Å². The van der Waals surface area contributed by atoms with E-state index < -0.39 is 0 Å². The highest BCUT2D eigenvalue weighted by Crippen LogP contribution is 2.23. The quantitative estimate of drug-likeness (QED) is 0.725. The number of ether oxygens (including phenoxy) is 2. The Morgan fingerprint density at radius 3 is 2.55 bits per heavy atom. The molecule has 1 fully saturated rings. The molecule has 7 nitrogen and oxygen atoms in total. The lowest BCUT2D eigenvalue weighted by molar-refractivity contribution is -0.116. The average molecular weight is 399 g/mol. The maximum Gasteiger partial charge on any atom is 0.244 e. The molecule has 1 aromatic heterocycles. The second kappa shape index (κ2) is 9.71. The van der Waals surface area contributed by atoms with Crippen molar-refractivity contribution >= 4 is 12.0 Å². The number of carbonyl (C=O) groups excluding carboxylic acids is 1. The zero-order valence-electron chi connectivity index (χ0n) is 17.6. The lowest BCUT2D eigenvalue weighted by atomic mass is 10.0. The molecule has 1 unspecified atom stereocenters. The maximum atomic E-state index is 12.5. The molecule has 0 spiro atoms. The number of hydrogen-bond acceptors (Lipinski definition) is 5. The number of nitrogens with zero attached hydrogens (tertiary/aromatic N) is 3. The van der Waals surface area contributed by atoms with E-state index in [-0.39, 0.29) is 11.9 Å². The van der Waals surface area contributed by atoms with E-state index in [4.69, 9.17) is 9.47 Å². The third-order valence-electron chi connectivity index (χ3n) is 5.42. The van der Waals surface area contributed by atoms with Crippen LogP contribution in [-0.2, 0) is 16.6 Å². The standard InChI is InChI=1S/C22H30N4O3/c1-16-20(17(2)25(3)24-16)9-10-22(27)23-15-21(26-11-13-29-14-12-26)18-5-7-19(28-4)8-6-18/h5-10,21H,11-15H2,1-4H3,(H,23,27). The van der Waals surface area contributed by atoms with Gasteiger partial charge in [-0.1, -0.05) is 12.1 Å². The zero-order chi connectivity index (χ0) is 20.8. The molecule has 1 amide bonds. The topological polar surface area (TPSA) is 68.6 Å². The number of rotatable bonds is 7. The van der Waals surface area contributed by atoms with Gasteiger partial charge in [0.2, 0.25) is 5.91 Å². The first-order valence-electron chi connectivity index (χ1n) is 9.91. The minimum atomic E-state index is -0.112. The third-order valence-corrected chi connectivity index (χ3v) is 5.42. The molecule has 1 aliphatic heterocycles. The Kier molecular flexibility index (Phi) is 7.06. The molecule has 1 aromatic carbocycles. The van der Waals surface area contributed by atoms with Gasteiger partial charge in [0.1, 0.15) is 5.75 Å². The molecule has 7 heteroatoms. The molecule has 1 atom stereocenters. The third kappa shape index (κ3) is 5.25. The molecule has 0 bridgehead atoms. The molecule has 0 radical (unpaired) electrons. The van der Waals surface area contributed by atoms with Gasteiger partial charge in [-0.05, 0) is 37.6 Å². The fourth-order valence-corrected chi connectivity index (χ4v) is 3.62. The van der Waals surface area contributed by atoms with Gasteiger partial charge in [0.15, 0.2) is 0 Å². The number of nitrogens with one attached hydrogen (secondary N) is 1. The molecule has 1 aliphatic rings. The number of hydrogen-bond donors (Lipinski definition) is 1. The van der Waals surface area contributed by atoms with E-state index in [1.807, 2.05) is 43.8 Å². The highest BCUT2D eigenvalue weighted by molar-refractivity contribution is 5.92. The molecule has 1 saturated heterocycles. The Labute approximate surface area is 172 Å². The normalized spacial score (nSPS) is 16.1. The van der Waals surface area contributed by atoms with Crippen molar-refractivity contribution < 1.29 is 14.3 Å². The van der Waals surface area contributed by atoms with Gasteiger partial charge in [0, 0.05) is 44.0 Å². The van der Waals surface area contributed by atoms with Crippen LogP contribution >= 0.6 is 0 Å². The summed E-state index contributed by atoms with van der Waals surface area (Å²) in [6.07, 6.45) is 3.42.